The van der Waals surface area contributed by atoms with Gasteiger partial charge in [-0.2, -0.15) is 0 Å². The van der Waals surface area contributed by atoms with Crippen LogP contribution in [0, 0.1) is 0 Å². The number of aromatic amines is 1. The molecular formula is C21H24N4O2. The van der Waals surface area contributed by atoms with Crippen LogP contribution in [-0.4, -0.2) is 35.6 Å². The number of nitrogens with one attached hydrogen (secondary N) is 2. The molecule has 2 aromatic heterocycles. The monoisotopic (exact) mass is 364 g/mol. The van der Waals surface area contributed by atoms with Gasteiger partial charge in [-0.15, -0.1) is 0 Å². The number of hydrogen-bond donors (Lipinski definition) is 2. The summed E-state index contributed by atoms with van der Waals surface area (Å²) >= 11 is 0. The van der Waals surface area contributed by atoms with Gasteiger partial charge in [0.15, 0.2) is 5.82 Å². The molecule has 1 amide bonds. The first-order valence-corrected chi connectivity index (χ1v) is 9.51. The van der Waals surface area contributed by atoms with E-state index in [1.165, 1.54) is 6.42 Å². The first-order chi connectivity index (χ1) is 13.2. The predicted octanol–water partition coefficient (Wildman–Crippen LogP) is 4.20. The molecule has 0 atom stereocenters. The topological polar surface area (TPSA) is 70.2 Å². The zero-order chi connectivity index (χ0) is 18.6. The number of amides is 1. The number of benzene rings is 1. The quantitative estimate of drug-likeness (QED) is 0.712. The molecular weight excluding hydrogens is 340 g/mol. The van der Waals surface area contributed by atoms with Gasteiger partial charge in [-0.1, -0.05) is 0 Å². The van der Waals surface area contributed by atoms with Gasteiger partial charge in [-0.05, 0) is 56.5 Å². The summed E-state index contributed by atoms with van der Waals surface area (Å²) in [6.45, 7) is 4.52. The van der Waals surface area contributed by atoms with E-state index in [4.69, 9.17) is 4.74 Å². The van der Waals surface area contributed by atoms with E-state index in [1.54, 1.807) is 6.20 Å². The molecule has 1 fully saturated rings. The highest BCUT2D eigenvalue weighted by atomic mass is 16.5. The number of carbonyl (C=O) groups is 1. The van der Waals surface area contributed by atoms with Crippen LogP contribution in [0.1, 0.15) is 36.7 Å². The Labute approximate surface area is 158 Å². The SMILES string of the molecule is CCOc1ccc2cc(C(=O)Nc3cccnc3N3CCCCC3)[nH]c2c1. The van der Waals surface area contributed by atoms with Crippen LogP contribution in [0.3, 0.4) is 0 Å². The summed E-state index contributed by atoms with van der Waals surface area (Å²) in [6.07, 6.45) is 5.35. The number of ether oxygens (including phenoxy) is 1. The van der Waals surface area contributed by atoms with E-state index in [2.05, 4.69) is 20.2 Å². The maximum atomic E-state index is 12.8. The lowest BCUT2D eigenvalue weighted by atomic mass is 10.1. The van der Waals surface area contributed by atoms with E-state index in [9.17, 15) is 4.79 Å². The van der Waals surface area contributed by atoms with Gasteiger partial charge in [-0.3, -0.25) is 4.79 Å². The number of hydrogen-bond acceptors (Lipinski definition) is 4. The fraction of sp³-hybridized carbons (Fsp3) is 0.333. The molecule has 6 nitrogen and oxygen atoms in total. The van der Waals surface area contributed by atoms with Crippen molar-refractivity contribution in [3.63, 3.8) is 0 Å². The van der Waals surface area contributed by atoms with Crippen molar-refractivity contribution in [2.45, 2.75) is 26.2 Å². The van der Waals surface area contributed by atoms with Gasteiger partial charge in [0.1, 0.15) is 11.4 Å². The van der Waals surface area contributed by atoms with Crippen molar-refractivity contribution >= 4 is 28.3 Å². The molecule has 0 saturated carbocycles. The Balaban J connectivity index is 1.56. The Morgan fingerprint density at radius 1 is 1.22 bits per heavy atom. The number of rotatable bonds is 5. The average Bonchev–Trinajstić information content (AvgIpc) is 3.13. The average molecular weight is 364 g/mol. The van der Waals surface area contributed by atoms with Crippen molar-refractivity contribution in [2.75, 3.05) is 29.9 Å². The summed E-state index contributed by atoms with van der Waals surface area (Å²) in [5.74, 6) is 1.47. The minimum absolute atomic E-state index is 0.171. The summed E-state index contributed by atoms with van der Waals surface area (Å²) in [7, 11) is 0. The Kier molecular flexibility index (Phi) is 4.96. The van der Waals surface area contributed by atoms with E-state index in [0.717, 1.165) is 54.1 Å². The summed E-state index contributed by atoms with van der Waals surface area (Å²) in [6, 6.07) is 11.4. The molecule has 1 aliphatic heterocycles. The molecule has 0 spiro atoms. The predicted molar refractivity (Wildman–Crippen MR) is 108 cm³/mol. The van der Waals surface area contributed by atoms with Crippen molar-refractivity contribution in [3.05, 3.63) is 48.3 Å². The Morgan fingerprint density at radius 3 is 2.89 bits per heavy atom. The standard InChI is InChI=1S/C21H24N4O2/c1-2-27-16-9-8-15-13-19(23-18(15)14-16)21(26)24-17-7-6-10-22-20(17)25-11-4-3-5-12-25/h6-10,13-14,23H,2-5,11-12H2,1H3,(H,24,26). The summed E-state index contributed by atoms with van der Waals surface area (Å²) in [4.78, 5) is 22.8. The van der Waals surface area contributed by atoms with Crippen LogP contribution < -0.4 is 15.0 Å². The van der Waals surface area contributed by atoms with E-state index >= 15 is 0 Å². The molecule has 6 heteroatoms. The maximum absolute atomic E-state index is 12.8. The van der Waals surface area contributed by atoms with E-state index in [0.29, 0.717) is 12.3 Å². The third-order valence-electron chi connectivity index (χ3n) is 4.84. The molecule has 1 aromatic carbocycles. The van der Waals surface area contributed by atoms with Crippen molar-refractivity contribution in [3.8, 4) is 5.75 Å². The number of carbonyl (C=O) groups excluding carboxylic acids is 1. The van der Waals surface area contributed by atoms with Crippen LogP contribution in [0.15, 0.2) is 42.6 Å². The highest BCUT2D eigenvalue weighted by Crippen LogP contribution is 2.27. The van der Waals surface area contributed by atoms with Gasteiger partial charge in [0.05, 0.1) is 12.3 Å². The zero-order valence-corrected chi connectivity index (χ0v) is 15.5. The normalized spacial score (nSPS) is 14.3. The van der Waals surface area contributed by atoms with Gasteiger partial charge in [0, 0.05) is 36.3 Å². The number of aromatic nitrogens is 2. The lowest BCUT2D eigenvalue weighted by Gasteiger charge is -2.29. The van der Waals surface area contributed by atoms with Gasteiger partial charge >= 0.3 is 0 Å². The van der Waals surface area contributed by atoms with Crippen LogP contribution in [0.4, 0.5) is 11.5 Å². The van der Waals surface area contributed by atoms with Crippen molar-refractivity contribution in [1.29, 1.82) is 0 Å². The van der Waals surface area contributed by atoms with Crippen molar-refractivity contribution in [2.24, 2.45) is 0 Å². The molecule has 0 bridgehead atoms. The minimum Gasteiger partial charge on any atom is -0.494 e. The molecule has 140 valence electrons. The van der Waals surface area contributed by atoms with E-state index in [1.807, 2.05) is 43.3 Å². The van der Waals surface area contributed by atoms with Crippen LogP contribution >= 0.6 is 0 Å². The van der Waals surface area contributed by atoms with E-state index < -0.39 is 0 Å². The third-order valence-corrected chi connectivity index (χ3v) is 4.84. The number of anilines is 2. The second-order valence-electron chi connectivity index (χ2n) is 6.74. The first-order valence-electron chi connectivity index (χ1n) is 9.51. The maximum Gasteiger partial charge on any atom is 0.272 e. The molecule has 3 heterocycles. The Hall–Kier alpha value is -3.02. The Bertz CT molecular complexity index is 944. The largest absolute Gasteiger partial charge is 0.494 e. The smallest absolute Gasteiger partial charge is 0.272 e. The van der Waals surface area contributed by atoms with Crippen molar-refractivity contribution < 1.29 is 9.53 Å². The zero-order valence-electron chi connectivity index (χ0n) is 15.5. The first kappa shape index (κ1) is 17.4. The van der Waals surface area contributed by atoms with E-state index in [-0.39, 0.29) is 5.91 Å². The fourth-order valence-electron chi connectivity index (χ4n) is 3.53. The molecule has 0 aliphatic carbocycles. The number of fused-ring (bicyclic) bond motifs is 1. The molecule has 2 N–H and O–H groups in total. The summed E-state index contributed by atoms with van der Waals surface area (Å²) in [5, 5.41) is 4.00. The lowest BCUT2D eigenvalue weighted by Crippen LogP contribution is -2.31. The highest BCUT2D eigenvalue weighted by molar-refractivity contribution is 6.07. The summed E-state index contributed by atoms with van der Waals surface area (Å²) in [5.41, 5.74) is 2.15. The molecule has 0 radical (unpaired) electrons. The van der Waals surface area contributed by atoms with Crippen LogP contribution in [0.25, 0.3) is 10.9 Å². The van der Waals surface area contributed by atoms with Crippen LogP contribution in [0.5, 0.6) is 5.75 Å². The molecule has 27 heavy (non-hydrogen) atoms. The summed E-state index contributed by atoms with van der Waals surface area (Å²) < 4.78 is 5.53. The number of pyridine rings is 1. The number of H-pyrrole nitrogens is 1. The second-order valence-corrected chi connectivity index (χ2v) is 6.74. The van der Waals surface area contributed by atoms with Crippen LogP contribution in [0.2, 0.25) is 0 Å². The van der Waals surface area contributed by atoms with Gasteiger partial charge in [-0.25, -0.2) is 4.98 Å². The lowest BCUT2D eigenvalue weighted by molar-refractivity contribution is 0.102. The number of nitrogens with zero attached hydrogens (tertiary/aromatic N) is 2. The second kappa shape index (κ2) is 7.70. The molecule has 4 rings (SSSR count). The molecule has 0 unspecified atom stereocenters. The molecule has 1 aliphatic rings. The van der Waals surface area contributed by atoms with Gasteiger partial charge in [0.2, 0.25) is 0 Å². The number of piperidine rings is 1. The van der Waals surface area contributed by atoms with Gasteiger partial charge < -0.3 is 19.9 Å². The third kappa shape index (κ3) is 3.74. The molecule has 1 saturated heterocycles. The highest BCUT2D eigenvalue weighted by Gasteiger charge is 2.18. The fourth-order valence-corrected chi connectivity index (χ4v) is 3.53. The molecule has 3 aromatic rings. The van der Waals surface area contributed by atoms with Crippen molar-refractivity contribution in [1.82, 2.24) is 9.97 Å². The minimum atomic E-state index is -0.171. The Morgan fingerprint density at radius 2 is 2.07 bits per heavy atom. The van der Waals surface area contributed by atoms with Crippen LogP contribution in [-0.2, 0) is 0 Å². The van der Waals surface area contributed by atoms with Gasteiger partial charge in [0.25, 0.3) is 5.91 Å².